The van der Waals surface area contributed by atoms with Crippen molar-refractivity contribution < 1.29 is 24.5 Å². The number of amides is 1. The number of esters is 1. The summed E-state index contributed by atoms with van der Waals surface area (Å²) in [6.07, 6.45) is 94.0. The smallest absolute Gasteiger partial charge is 0.305 e. The van der Waals surface area contributed by atoms with Crippen molar-refractivity contribution in [1.29, 1.82) is 0 Å². The van der Waals surface area contributed by atoms with E-state index in [1.54, 1.807) is 6.08 Å². The SMILES string of the molecule is CCCC/C=C\C/C=C\CCCCCCCC(=O)OCCCCCCCCCCCCCCCCCCCCCCCCCCCCCCCCCCCCCC(=O)NC(CO)C(O)/C=C/CCCCCCCCCCCCCCCCC. The summed E-state index contributed by atoms with van der Waals surface area (Å²) in [7, 11) is 0. The number of hydrogen-bond donors (Lipinski definition) is 3. The number of aliphatic hydroxyl groups excluding tert-OH is 2. The predicted octanol–water partition coefficient (Wildman–Crippen LogP) is 24.7. The molecule has 490 valence electrons. The molecule has 1 amide bonds. The maximum Gasteiger partial charge on any atom is 0.305 e. The fourth-order valence-electron chi connectivity index (χ4n) is 11.9. The van der Waals surface area contributed by atoms with Crippen LogP contribution in [0, 0.1) is 0 Å². The Balaban J connectivity index is 3.33. The van der Waals surface area contributed by atoms with Gasteiger partial charge in [-0.05, 0) is 57.8 Å². The van der Waals surface area contributed by atoms with Gasteiger partial charge in [0, 0.05) is 12.8 Å². The fourth-order valence-corrected chi connectivity index (χ4v) is 11.9. The summed E-state index contributed by atoms with van der Waals surface area (Å²) in [6, 6.07) is -0.624. The summed E-state index contributed by atoms with van der Waals surface area (Å²) in [4.78, 5) is 24.6. The molecular formula is C77H147NO5. The van der Waals surface area contributed by atoms with E-state index in [1.165, 1.54) is 340 Å². The highest BCUT2D eigenvalue weighted by atomic mass is 16.5. The van der Waals surface area contributed by atoms with Gasteiger partial charge in [0.15, 0.2) is 0 Å². The Bertz CT molecular complexity index is 1340. The van der Waals surface area contributed by atoms with Crippen molar-refractivity contribution >= 4 is 11.9 Å². The van der Waals surface area contributed by atoms with Crippen LogP contribution in [0.3, 0.4) is 0 Å². The molecule has 0 aliphatic heterocycles. The first kappa shape index (κ1) is 81.1. The Morgan fingerprint density at radius 3 is 0.952 bits per heavy atom. The standard InChI is InChI=1S/C77H147NO5/c1-3-5-7-9-11-13-15-17-19-39-42-45-49-53-57-61-65-69-75(80)74(73-79)78-76(81)70-66-62-58-54-50-46-43-40-37-35-33-31-29-27-25-23-21-20-22-24-26-28-30-32-34-36-38-41-44-48-52-56-60-64-68-72-83-77(82)71-67-63-59-55-51-47-18-16-14-12-10-8-6-4-2/h10,12,16,18,65,69,74-75,79-80H,3-9,11,13-15,17,19-64,66-68,70-73H2,1-2H3,(H,78,81)/b12-10-,18-16-,69-65+. The molecule has 0 aromatic carbocycles. The molecule has 83 heavy (non-hydrogen) atoms. The second-order valence-electron chi connectivity index (χ2n) is 26.0. The molecule has 0 saturated carbocycles. The van der Waals surface area contributed by atoms with Crippen LogP contribution in [0.15, 0.2) is 36.5 Å². The second kappa shape index (κ2) is 72.6. The zero-order valence-electron chi connectivity index (χ0n) is 56.2. The Hall–Kier alpha value is -1.92. The summed E-state index contributed by atoms with van der Waals surface area (Å²) in [5.74, 6) is -0.0514. The van der Waals surface area contributed by atoms with Gasteiger partial charge in [0.25, 0.3) is 0 Å². The molecule has 0 aromatic rings. The fraction of sp³-hybridized carbons (Fsp3) is 0.896. The molecular weight excluding hydrogens is 1020 g/mol. The van der Waals surface area contributed by atoms with E-state index < -0.39 is 12.1 Å². The normalized spacial score (nSPS) is 12.7. The van der Waals surface area contributed by atoms with E-state index in [0.29, 0.717) is 19.4 Å². The predicted molar refractivity (Wildman–Crippen MR) is 366 cm³/mol. The molecule has 3 N–H and O–H groups in total. The van der Waals surface area contributed by atoms with E-state index in [0.717, 1.165) is 51.4 Å². The van der Waals surface area contributed by atoms with E-state index in [4.69, 9.17) is 4.74 Å². The lowest BCUT2D eigenvalue weighted by Crippen LogP contribution is -2.45. The number of carbonyl (C=O) groups is 2. The summed E-state index contributed by atoms with van der Waals surface area (Å²) >= 11 is 0. The van der Waals surface area contributed by atoms with Crippen molar-refractivity contribution in [3.8, 4) is 0 Å². The highest BCUT2D eigenvalue weighted by Gasteiger charge is 2.18. The zero-order valence-corrected chi connectivity index (χ0v) is 56.2. The van der Waals surface area contributed by atoms with Crippen LogP contribution in [-0.4, -0.2) is 47.4 Å². The molecule has 6 heteroatoms. The van der Waals surface area contributed by atoms with Gasteiger partial charge in [-0.2, -0.15) is 0 Å². The second-order valence-corrected chi connectivity index (χ2v) is 26.0. The van der Waals surface area contributed by atoms with Gasteiger partial charge in [-0.15, -0.1) is 0 Å². The highest BCUT2D eigenvalue weighted by Crippen LogP contribution is 2.19. The van der Waals surface area contributed by atoms with Crippen LogP contribution in [0.5, 0.6) is 0 Å². The monoisotopic (exact) mass is 1170 g/mol. The van der Waals surface area contributed by atoms with Gasteiger partial charge in [0.1, 0.15) is 0 Å². The van der Waals surface area contributed by atoms with Crippen LogP contribution in [0.1, 0.15) is 418 Å². The first-order chi connectivity index (χ1) is 41.0. The maximum atomic E-state index is 12.5. The minimum atomic E-state index is -0.841. The van der Waals surface area contributed by atoms with Gasteiger partial charge in [-0.3, -0.25) is 9.59 Å². The molecule has 0 spiro atoms. The Kier molecular flexibility index (Phi) is 70.9. The van der Waals surface area contributed by atoms with Crippen molar-refractivity contribution in [1.82, 2.24) is 5.32 Å². The molecule has 2 unspecified atom stereocenters. The minimum absolute atomic E-state index is 0.00808. The molecule has 0 bridgehead atoms. The molecule has 0 rings (SSSR count). The van der Waals surface area contributed by atoms with E-state index in [1.807, 2.05) is 6.08 Å². The van der Waals surface area contributed by atoms with E-state index in [2.05, 4.69) is 43.5 Å². The van der Waals surface area contributed by atoms with Gasteiger partial charge < -0.3 is 20.3 Å². The summed E-state index contributed by atoms with van der Waals surface area (Å²) in [6.45, 7) is 4.90. The van der Waals surface area contributed by atoms with Gasteiger partial charge in [-0.25, -0.2) is 0 Å². The first-order valence-corrected chi connectivity index (χ1v) is 37.8. The maximum absolute atomic E-state index is 12.5. The van der Waals surface area contributed by atoms with Crippen molar-refractivity contribution in [3.63, 3.8) is 0 Å². The lowest BCUT2D eigenvalue weighted by molar-refractivity contribution is -0.143. The minimum Gasteiger partial charge on any atom is -0.466 e. The highest BCUT2D eigenvalue weighted by molar-refractivity contribution is 5.76. The number of ether oxygens (including phenoxy) is 1. The third-order valence-electron chi connectivity index (χ3n) is 17.7. The zero-order chi connectivity index (χ0) is 59.9. The van der Waals surface area contributed by atoms with Crippen LogP contribution < -0.4 is 5.32 Å². The van der Waals surface area contributed by atoms with Gasteiger partial charge in [0.05, 0.1) is 25.4 Å². The van der Waals surface area contributed by atoms with Crippen molar-refractivity contribution in [2.24, 2.45) is 0 Å². The van der Waals surface area contributed by atoms with E-state index in [-0.39, 0.29) is 18.5 Å². The van der Waals surface area contributed by atoms with Gasteiger partial charge in [0.2, 0.25) is 5.91 Å². The summed E-state index contributed by atoms with van der Waals surface area (Å²) in [5.41, 5.74) is 0. The average Bonchev–Trinajstić information content (AvgIpc) is 3.49. The number of carbonyl (C=O) groups excluding carboxylic acids is 2. The molecule has 0 heterocycles. The molecule has 0 aliphatic carbocycles. The average molecular weight is 1170 g/mol. The topological polar surface area (TPSA) is 95.9 Å². The number of aliphatic hydroxyl groups is 2. The van der Waals surface area contributed by atoms with Crippen molar-refractivity contribution in [2.45, 2.75) is 431 Å². The van der Waals surface area contributed by atoms with Crippen LogP contribution in [0.4, 0.5) is 0 Å². The molecule has 0 fully saturated rings. The lowest BCUT2D eigenvalue weighted by Gasteiger charge is -2.20. The van der Waals surface area contributed by atoms with E-state index >= 15 is 0 Å². The van der Waals surface area contributed by atoms with Crippen molar-refractivity contribution in [3.05, 3.63) is 36.5 Å². The first-order valence-electron chi connectivity index (χ1n) is 37.8. The van der Waals surface area contributed by atoms with Crippen LogP contribution >= 0.6 is 0 Å². The largest absolute Gasteiger partial charge is 0.466 e. The molecule has 0 aromatic heterocycles. The molecule has 6 nitrogen and oxygen atoms in total. The van der Waals surface area contributed by atoms with Crippen LogP contribution in [0.25, 0.3) is 0 Å². The number of rotatable bonds is 71. The molecule has 2 atom stereocenters. The number of nitrogens with one attached hydrogen (secondary N) is 1. The third-order valence-corrected chi connectivity index (χ3v) is 17.7. The lowest BCUT2D eigenvalue weighted by atomic mass is 10.0. The van der Waals surface area contributed by atoms with Crippen LogP contribution in [0.2, 0.25) is 0 Å². The Morgan fingerprint density at radius 2 is 0.614 bits per heavy atom. The van der Waals surface area contributed by atoms with Crippen molar-refractivity contribution in [2.75, 3.05) is 13.2 Å². The van der Waals surface area contributed by atoms with Gasteiger partial charge in [-0.1, -0.05) is 384 Å². The number of hydrogen-bond acceptors (Lipinski definition) is 5. The molecule has 0 radical (unpaired) electrons. The van der Waals surface area contributed by atoms with E-state index in [9.17, 15) is 19.8 Å². The number of allylic oxidation sites excluding steroid dienone is 5. The third kappa shape index (κ3) is 69.1. The van der Waals surface area contributed by atoms with Crippen LogP contribution in [-0.2, 0) is 14.3 Å². The summed E-state index contributed by atoms with van der Waals surface area (Å²) in [5, 5.41) is 23.2. The molecule has 0 aliphatic rings. The molecule has 0 saturated heterocycles. The Labute approximate surface area is 519 Å². The quantitative estimate of drug-likeness (QED) is 0.0320. The summed E-state index contributed by atoms with van der Waals surface area (Å²) < 4.78 is 5.49. The number of unbranched alkanes of at least 4 members (excludes halogenated alkanes) is 56. The Morgan fingerprint density at radius 1 is 0.337 bits per heavy atom. The van der Waals surface area contributed by atoms with Gasteiger partial charge >= 0.3 is 5.97 Å².